The third kappa shape index (κ3) is 3.24. The minimum Gasteiger partial charge on any atom is -0.393 e. The van der Waals surface area contributed by atoms with E-state index in [4.69, 9.17) is 5.11 Å². The van der Waals surface area contributed by atoms with Gasteiger partial charge in [0.1, 0.15) is 10.3 Å². The molecule has 2 heterocycles. The number of alkyl halides is 1. The highest BCUT2D eigenvalue weighted by Gasteiger charge is 2.33. The Morgan fingerprint density at radius 3 is 2.67 bits per heavy atom. The van der Waals surface area contributed by atoms with Gasteiger partial charge in [-0.3, -0.25) is 4.90 Å². The van der Waals surface area contributed by atoms with Crippen LogP contribution >= 0.6 is 15.9 Å². The van der Waals surface area contributed by atoms with Crippen LogP contribution in [0.4, 0.5) is 8.78 Å². The molecule has 1 saturated heterocycles. The summed E-state index contributed by atoms with van der Waals surface area (Å²) in [5.41, 5.74) is -0.675. The lowest BCUT2D eigenvalue weighted by molar-refractivity contribution is 0.00670. The van der Waals surface area contributed by atoms with E-state index >= 15 is 0 Å². The molecule has 100 valence electrons. The zero-order chi connectivity index (χ0) is 13.2. The molecule has 2 rings (SSSR count). The van der Waals surface area contributed by atoms with E-state index in [0.29, 0.717) is 32.5 Å². The SMILES string of the molecule is OCC1(F)CCN(Cc2cnc(Br)c(F)c2)CC1. The number of piperidine rings is 1. The van der Waals surface area contributed by atoms with Gasteiger partial charge in [-0.25, -0.2) is 13.8 Å². The summed E-state index contributed by atoms with van der Waals surface area (Å²) in [5.74, 6) is -0.389. The van der Waals surface area contributed by atoms with Gasteiger partial charge in [0.15, 0.2) is 5.82 Å². The number of pyridine rings is 1. The number of rotatable bonds is 3. The summed E-state index contributed by atoms with van der Waals surface area (Å²) in [6.07, 6.45) is 2.24. The van der Waals surface area contributed by atoms with Gasteiger partial charge >= 0.3 is 0 Å². The Morgan fingerprint density at radius 2 is 2.11 bits per heavy atom. The van der Waals surface area contributed by atoms with E-state index in [1.165, 1.54) is 6.07 Å². The summed E-state index contributed by atoms with van der Waals surface area (Å²) >= 11 is 3.00. The molecule has 1 aliphatic rings. The van der Waals surface area contributed by atoms with Crippen molar-refractivity contribution in [2.45, 2.75) is 25.1 Å². The summed E-state index contributed by atoms with van der Waals surface area (Å²) in [4.78, 5) is 5.93. The predicted octanol–water partition coefficient (Wildman–Crippen LogP) is 2.28. The molecule has 1 aromatic rings. The molecule has 1 N–H and O–H groups in total. The molecule has 6 heteroatoms. The molecular formula is C12H15BrF2N2O. The first-order valence-corrected chi connectivity index (χ1v) is 6.64. The molecule has 0 aliphatic carbocycles. The topological polar surface area (TPSA) is 36.4 Å². The van der Waals surface area contributed by atoms with Crippen molar-refractivity contribution in [3.8, 4) is 0 Å². The van der Waals surface area contributed by atoms with Crippen LogP contribution in [0.15, 0.2) is 16.9 Å². The van der Waals surface area contributed by atoms with E-state index < -0.39 is 12.3 Å². The maximum atomic E-state index is 13.8. The first kappa shape index (κ1) is 13.8. The van der Waals surface area contributed by atoms with Crippen LogP contribution in [0.5, 0.6) is 0 Å². The van der Waals surface area contributed by atoms with E-state index in [-0.39, 0.29) is 10.4 Å². The number of likely N-dealkylation sites (tertiary alicyclic amines) is 1. The molecule has 0 aromatic carbocycles. The van der Waals surface area contributed by atoms with Gasteiger partial charge in [-0.1, -0.05) is 0 Å². The second kappa shape index (κ2) is 5.59. The molecule has 1 fully saturated rings. The maximum absolute atomic E-state index is 13.8. The van der Waals surface area contributed by atoms with E-state index in [0.717, 1.165) is 5.56 Å². The smallest absolute Gasteiger partial charge is 0.156 e. The van der Waals surface area contributed by atoms with Crippen LogP contribution in [0.25, 0.3) is 0 Å². The molecule has 0 atom stereocenters. The van der Waals surface area contributed by atoms with Gasteiger partial charge in [0.2, 0.25) is 0 Å². The van der Waals surface area contributed by atoms with Crippen molar-refractivity contribution < 1.29 is 13.9 Å². The molecule has 0 saturated carbocycles. The van der Waals surface area contributed by atoms with Gasteiger partial charge in [0.05, 0.1) is 6.61 Å². The second-order valence-electron chi connectivity index (χ2n) is 4.70. The Labute approximate surface area is 113 Å². The fourth-order valence-corrected chi connectivity index (χ4v) is 2.29. The normalized spacial score (nSPS) is 20.0. The number of nitrogens with zero attached hydrogens (tertiary/aromatic N) is 2. The van der Waals surface area contributed by atoms with E-state index in [1.807, 2.05) is 4.90 Å². The van der Waals surface area contributed by atoms with E-state index in [9.17, 15) is 8.78 Å². The highest BCUT2D eigenvalue weighted by Crippen LogP contribution is 2.26. The average molecular weight is 321 g/mol. The molecule has 0 unspecified atom stereocenters. The maximum Gasteiger partial charge on any atom is 0.156 e. The molecule has 0 bridgehead atoms. The Hall–Kier alpha value is -0.590. The number of hydrogen-bond acceptors (Lipinski definition) is 3. The highest BCUT2D eigenvalue weighted by atomic mass is 79.9. The molecule has 1 aromatic heterocycles. The molecule has 0 spiro atoms. The average Bonchev–Trinajstić information content (AvgIpc) is 2.37. The van der Waals surface area contributed by atoms with Gasteiger partial charge in [-0.2, -0.15) is 0 Å². The summed E-state index contributed by atoms with van der Waals surface area (Å²) in [6, 6.07) is 1.43. The van der Waals surface area contributed by atoms with Crippen LogP contribution < -0.4 is 0 Å². The summed E-state index contributed by atoms with van der Waals surface area (Å²) < 4.78 is 27.3. The lowest BCUT2D eigenvalue weighted by atomic mass is 9.94. The fraction of sp³-hybridized carbons (Fsp3) is 0.583. The van der Waals surface area contributed by atoms with Crippen molar-refractivity contribution in [2.24, 2.45) is 0 Å². The van der Waals surface area contributed by atoms with Gasteiger partial charge in [0, 0.05) is 25.8 Å². The van der Waals surface area contributed by atoms with E-state index in [2.05, 4.69) is 20.9 Å². The quantitative estimate of drug-likeness (QED) is 0.868. The first-order chi connectivity index (χ1) is 8.52. The number of hydrogen-bond donors (Lipinski definition) is 1. The van der Waals surface area contributed by atoms with E-state index in [1.54, 1.807) is 6.20 Å². The van der Waals surface area contributed by atoms with Gasteiger partial charge in [-0.05, 0) is 40.4 Å². The lowest BCUT2D eigenvalue weighted by Gasteiger charge is -2.35. The van der Waals surface area contributed by atoms with Crippen LogP contribution in [-0.2, 0) is 6.54 Å². The van der Waals surface area contributed by atoms with Crippen LogP contribution in [0, 0.1) is 5.82 Å². The Balaban J connectivity index is 1.93. The molecule has 18 heavy (non-hydrogen) atoms. The Morgan fingerprint density at radius 1 is 1.44 bits per heavy atom. The number of aliphatic hydroxyl groups excluding tert-OH is 1. The van der Waals surface area contributed by atoms with Crippen molar-refractivity contribution in [3.63, 3.8) is 0 Å². The number of halogens is 3. The lowest BCUT2D eigenvalue weighted by Crippen LogP contribution is -2.43. The van der Waals surface area contributed by atoms with Crippen LogP contribution in [0.1, 0.15) is 18.4 Å². The molecule has 1 aliphatic heterocycles. The molecule has 3 nitrogen and oxygen atoms in total. The van der Waals surface area contributed by atoms with Gasteiger partial charge < -0.3 is 5.11 Å². The van der Waals surface area contributed by atoms with Crippen molar-refractivity contribution in [3.05, 3.63) is 28.2 Å². The Kier molecular flexibility index (Phi) is 4.29. The van der Waals surface area contributed by atoms with Gasteiger partial charge in [-0.15, -0.1) is 0 Å². The minimum atomic E-state index is -1.44. The first-order valence-electron chi connectivity index (χ1n) is 5.84. The second-order valence-corrected chi connectivity index (χ2v) is 5.45. The zero-order valence-corrected chi connectivity index (χ0v) is 11.5. The summed E-state index contributed by atoms with van der Waals surface area (Å²) in [5, 5.41) is 8.93. The third-order valence-corrected chi connectivity index (χ3v) is 3.88. The monoisotopic (exact) mass is 320 g/mol. The van der Waals surface area contributed by atoms with Crippen LogP contribution in [0.2, 0.25) is 0 Å². The standard InChI is InChI=1S/C12H15BrF2N2O/c13-11-10(14)5-9(6-16-11)7-17-3-1-12(15,8-18)2-4-17/h5-6,18H,1-4,7-8H2. The van der Waals surface area contributed by atoms with Crippen LogP contribution in [0.3, 0.4) is 0 Å². The summed E-state index contributed by atoms with van der Waals surface area (Å²) in [7, 11) is 0. The largest absolute Gasteiger partial charge is 0.393 e. The van der Waals surface area contributed by atoms with Crippen molar-refractivity contribution in [1.29, 1.82) is 0 Å². The molecule has 0 amide bonds. The number of aliphatic hydroxyl groups is 1. The van der Waals surface area contributed by atoms with Gasteiger partial charge in [0.25, 0.3) is 0 Å². The Bertz CT molecular complexity index is 423. The van der Waals surface area contributed by atoms with Crippen LogP contribution in [-0.4, -0.2) is 40.4 Å². The van der Waals surface area contributed by atoms with Crippen molar-refractivity contribution in [1.82, 2.24) is 9.88 Å². The third-order valence-electron chi connectivity index (χ3n) is 3.29. The minimum absolute atomic E-state index is 0.202. The molecule has 0 radical (unpaired) electrons. The molecular weight excluding hydrogens is 306 g/mol. The predicted molar refractivity (Wildman–Crippen MR) is 67.3 cm³/mol. The zero-order valence-electron chi connectivity index (χ0n) is 9.87. The summed E-state index contributed by atoms with van der Waals surface area (Å²) in [6.45, 7) is 1.26. The van der Waals surface area contributed by atoms with Crippen molar-refractivity contribution in [2.75, 3.05) is 19.7 Å². The number of aromatic nitrogens is 1. The van der Waals surface area contributed by atoms with Crippen molar-refractivity contribution >= 4 is 15.9 Å². The fourth-order valence-electron chi connectivity index (χ4n) is 2.08. The highest BCUT2D eigenvalue weighted by molar-refractivity contribution is 9.10.